The van der Waals surface area contributed by atoms with Crippen LogP contribution in [0.25, 0.3) is 0 Å². The van der Waals surface area contributed by atoms with Gasteiger partial charge in [-0.3, -0.25) is 15.0 Å². The summed E-state index contributed by atoms with van der Waals surface area (Å²) in [5.41, 5.74) is 2.68. The van der Waals surface area contributed by atoms with E-state index in [4.69, 9.17) is 0 Å². The van der Waals surface area contributed by atoms with E-state index in [1.54, 1.807) is 20.0 Å². The number of nitrogens with one attached hydrogen (secondary N) is 3. The Morgan fingerprint density at radius 1 is 1.23 bits per heavy atom. The second-order valence-electron chi connectivity index (χ2n) is 7.47. The Bertz CT molecular complexity index is 945. The molecule has 2 aromatic heterocycles. The van der Waals surface area contributed by atoms with Crippen molar-refractivity contribution in [2.45, 2.75) is 39.2 Å². The van der Waals surface area contributed by atoms with Crippen molar-refractivity contribution in [2.24, 2.45) is 0 Å². The highest BCUT2D eigenvalue weighted by Gasteiger charge is 2.24. The van der Waals surface area contributed by atoms with Crippen LogP contribution in [-0.2, 0) is 6.54 Å². The predicted molar refractivity (Wildman–Crippen MR) is 114 cm³/mol. The number of urea groups is 1. The molecular formula is C21H28FN7O2. The summed E-state index contributed by atoms with van der Waals surface area (Å²) in [6, 6.07) is 3.24. The van der Waals surface area contributed by atoms with E-state index >= 15 is 0 Å². The van der Waals surface area contributed by atoms with Gasteiger partial charge < -0.3 is 10.6 Å². The first-order chi connectivity index (χ1) is 14.9. The minimum Gasteiger partial charge on any atom is -0.354 e. The minimum atomic E-state index is -0.610. The normalized spacial score (nSPS) is 14.8. The molecule has 9 nitrogen and oxygen atoms in total. The summed E-state index contributed by atoms with van der Waals surface area (Å²) < 4.78 is 14.7. The number of piperidine rings is 1. The zero-order chi connectivity index (χ0) is 22.4. The second-order valence-corrected chi connectivity index (χ2v) is 7.47. The van der Waals surface area contributed by atoms with Crippen molar-refractivity contribution in [3.63, 3.8) is 0 Å². The molecule has 10 heteroatoms. The molecule has 0 saturated carbocycles. The third-order valence-electron chi connectivity index (χ3n) is 5.42. The second kappa shape index (κ2) is 10.3. The molecule has 3 amide bonds. The van der Waals surface area contributed by atoms with Crippen LogP contribution in [-0.4, -0.2) is 58.5 Å². The number of pyridine rings is 1. The lowest BCUT2D eigenvalue weighted by Crippen LogP contribution is -2.34. The topological polar surface area (TPSA) is 112 Å². The lowest BCUT2D eigenvalue weighted by atomic mass is 9.88. The molecule has 2 aromatic rings. The fourth-order valence-electron chi connectivity index (χ4n) is 3.79. The van der Waals surface area contributed by atoms with Gasteiger partial charge in [-0.05, 0) is 57.3 Å². The molecule has 0 atom stereocenters. The predicted octanol–water partition coefficient (Wildman–Crippen LogP) is 2.20. The van der Waals surface area contributed by atoms with E-state index in [-0.39, 0.29) is 17.4 Å². The van der Waals surface area contributed by atoms with Crippen molar-refractivity contribution >= 4 is 17.8 Å². The van der Waals surface area contributed by atoms with Crippen LogP contribution in [0.2, 0.25) is 0 Å². The Hall–Kier alpha value is -3.14. The molecule has 1 fully saturated rings. The monoisotopic (exact) mass is 429 g/mol. The molecule has 1 aliphatic heterocycles. The van der Waals surface area contributed by atoms with Crippen LogP contribution in [0, 0.1) is 12.7 Å². The van der Waals surface area contributed by atoms with Gasteiger partial charge in [0.1, 0.15) is 12.0 Å². The molecule has 1 aliphatic rings. The fraction of sp³-hybridized carbons (Fsp3) is 0.476. The first-order valence-corrected chi connectivity index (χ1v) is 10.4. The summed E-state index contributed by atoms with van der Waals surface area (Å²) in [4.78, 5) is 37.9. The standard InChI is InChI=1S/C21H28FN7O2/c1-4-24-21(31)28-19-18(22)17(25-12-26-19)11-29-9-7-14(8-10-29)15-5-6-16(20(30)23-3)27-13(15)2/h5-6,12,14H,4,7-11H2,1-3H3,(H,23,30)(H2,24,25,26,28,31). The van der Waals surface area contributed by atoms with E-state index < -0.39 is 11.8 Å². The number of hydrogen-bond donors (Lipinski definition) is 3. The maximum Gasteiger partial charge on any atom is 0.320 e. The van der Waals surface area contributed by atoms with Crippen molar-refractivity contribution in [2.75, 3.05) is 32.0 Å². The third-order valence-corrected chi connectivity index (χ3v) is 5.42. The van der Waals surface area contributed by atoms with E-state index in [0.29, 0.717) is 24.7 Å². The molecule has 3 heterocycles. The van der Waals surface area contributed by atoms with Crippen LogP contribution in [0.5, 0.6) is 0 Å². The molecule has 0 bridgehead atoms. The molecular weight excluding hydrogens is 401 g/mol. The molecule has 166 valence electrons. The highest BCUT2D eigenvalue weighted by Crippen LogP contribution is 2.30. The average Bonchev–Trinajstić information content (AvgIpc) is 2.76. The van der Waals surface area contributed by atoms with Crippen molar-refractivity contribution in [3.05, 3.63) is 46.9 Å². The van der Waals surface area contributed by atoms with Crippen molar-refractivity contribution in [1.29, 1.82) is 0 Å². The molecule has 0 unspecified atom stereocenters. The third kappa shape index (κ3) is 5.52. The van der Waals surface area contributed by atoms with Crippen molar-refractivity contribution in [3.8, 4) is 0 Å². The van der Waals surface area contributed by atoms with Gasteiger partial charge in [0.15, 0.2) is 11.6 Å². The molecule has 3 rings (SSSR count). The zero-order valence-corrected chi connectivity index (χ0v) is 18.0. The number of carbonyl (C=O) groups excluding carboxylic acids is 2. The van der Waals surface area contributed by atoms with Gasteiger partial charge in [-0.1, -0.05) is 6.07 Å². The molecule has 31 heavy (non-hydrogen) atoms. The molecule has 1 saturated heterocycles. The van der Waals surface area contributed by atoms with Crippen LogP contribution in [0.3, 0.4) is 0 Å². The number of aryl methyl sites for hydroxylation is 1. The highest BCUT2D eigenvalue weighted by molar-refractivity contribution is 5.92. The van der Waals surface area contributed by atoms with E-state index in [1.165, 1.54) is 6.33 Å². The van der Waals surface area contributed by atoms with Crippen LogP contribution >= 0.6 is 0 Å². The van der Waals surface area contributed by atoms with Gasteiger partial charge in [-0.15, -0.1) is 0 Å². The minimum absolute atomic E-state index is 0.122. The number of carbonyl (C=O) groups is 2. The number of aromatic nitrogens is 3. The van der Waals surface area contributed by atoms with Gasteiger partial charge >= 0.3 is 6.03 Å². The number of rotatable bonds is 6. The largest absolute Gasteiger partial charge is 0.354 e. The molecule has 3 N–H and O–H groups in total. The van der Waals surface area contributed by atoms with Crippen LogP contribution in [0.4, 0.5) is 15.0 Å². The summed E-state index contributed by atoms with van der Waals surface area (Å²) >= 11 is 0. The Labute approximate surface area is 180 Å². The maximum atomic E-state index is 14.7. The number of nitrogens with zero attached hydrogens (tertiary/aromatic N) is 4. The van der Waals surface area contributed by atoms with Crippen LogP contribution in [0.1, 0.15) is 53.1 Å². The van der Waals surface area contributed by atoms with E-state index in [1.807, 2.05) is 13.0 Å². The Kier molecular flexibility index (Phi) is 7.45. The Balaban J connectivity index is 1.61. The number of amides is 3. The lowest BCUT2D eigenvalue weighted by molar-refractivity contribution is 0.0958. The Morgan fingerprint density at radius 3 is 2.61 bits per heavy atom. The van der Waals surface area contributed by atoms with Crippen LogP contribution < -0.4 is 16.0 Å². The molecule has 0 aromatic carbocycles. The summed E-state index contributed by atoms with van der Waals surface area (Å²) in [7, 11) is 1.59. The maximum absolute atomic E-state index is 14.7. The van der Waals surface area contributed by atoms with Gasteiger partial charge in [0.25, 0.3) is 5.91 Å². The Morgan fingerprint density at radius 2 is 1.97 bits per heavy atom. The average molecular weight is 430 g/mol. The van der Waals surface area contributed by atoms with Crippen LogP contribution in [0.15, 0.2) is 18.5 Å². The molecule has 0 spiro atoms. The highest BCUT2D eigenvalue weighted by atomic mass is 19.1. The van der Waals surface area contributed by atoms with Gasteiger partial charge in [-0.25, -0.2) is 24.1 Å². The van der Waals surface area contributed by atoms with E-state index in [9.17, 15) is 14.0 Å². The first kappa shape index (κ1) is 22.5. The van der Waals surface area contributed by atoms with Gasteiger partial charge in [0.2, 0.25) is 0 Å². The SMILES string of the molecule is CCNC(=O)Nc1ncnc(CN2CCC(c3ccc(C(=O)NC)nc3C)CC2)c1F. The number of anilines is 1. The number of hydrogen-bond acceptors (Lipinski definition) is 6. The van der Waals surface area contributed by atoms with Gasteiger partial charge in [0, 0.05) is 25.8 Å². The van der Waals surface area contributed by atoms with Crippen molar-refractivity contribution in [1.82, 2.24) is 30.5 Å². The fourth-order valence-corrected chi connectivity index (χ4v) is 3.79. The summed E-state index contributed by atoms with van der Waals surface area (Å²) in [5, 5.41) is 7.54. The lowest BCUT2D eigenvalue weighted by Gasteiger charge is -2.32. The summed E-state index contributed by atoms with van der Waals surface area (Å²) in [6.07, 6.45) is 3.06. The van der Waals surface area contributed by atoms with Gasteiger partial charge in [0.05, 0.1) is 5.69 Å². The van der Waals surface area contributed by atoms with Crippen molar-refractivity contribution < 1.29 is 14.0 Å². The molecule has 0 radical (unpaired) electrons. The first-order valence-electron chi connectivity index (χ1n) is 10.4. The summed E-state index contributed by atoms with van der Waals surface area (Å²) in [6.45, 7) is 6.04. The molecule has 0 aliphatic carbocycles. The smallest absolute Gasteiger partial charge is 0.320 e. The zero-order valence-electron chi connectivity index (χ0n) is 18.0. The van der Waals surface area contributed by atoms with E-state index in [0.717, 1.165) is 37.2 Å². The quantitative estimate of drug-likeness (QED) is 0.649. The number of likely N-dealkylation sites (tertiary alicyclic amines) is 1. The summed E-state index contributed by atoms with van der Waals surface area (Å²) in [5.74, 6) is -0.588. The van der Waals surface area contributed by atoms with Gasteiger partial charge in [-0.2, -0.15) is 0 Å². The van der Waals surface area contributed by atoms with E-state index in [2.05, 4.69) is 35.8 Å². The number of halogens is 1.